The number of pyridine rings is 1. The molecule has 3 aromatic rings. The Balaban J connectivity index is 1.94. The van der Waals surface area contributed by atoms with Gasteiger partial charge in [-0.25, -0.2) is 14.4 Å². The lowest BCUT2D eigenvalue weighted by Gasteiger charge is -2.25. The molecule has 6 nitrogen and oxygen atoms in total. The van der Waals surface area contributed by atoms with Gasteiger partial charge in [0.2, 0.25) is 5.95 Å². The number of benzene rings is 1. The minimum Gasteiger partial charge on any atom is -0.368 e. The van der Waals surface area contributed by atoms with Crippen molar-refractivity contribution in [3.05, 3.63) is 83.6 Å². The summed E-state index contributed by atoms with van der Waals surface area (Å²) >= 11 is 0. The highest BCUT2D eigenvalue weighted by Crippen LogP contribution is 2.38. The van der Waals surface area contributed by atoms with Gasteiger partial charge in [0.15, 0.2) is 0 Å². The van der Waals surface area contributed by atoms with E-state index in [-0.39, 0.29) is 22.8 Å². The number of nitrogens with zero attached hydrogens (tertiary/aromatic N) is 5. The Morgan fingerprint density at radius 1 is 1.11 bits per heavy atom. The Hall–Kier alpha value is -3.92. The lowest BCUT2D eigenvalue weighted by atomic mass is 9.86. The summed E-state index contributed by atoms with van der Waals surface area (Å²) in [5.74, 6) is -0.546. The number of hydrogen-bond acceptors (Lipinski definition) is 6. The number of aliphatic imine (C=N–C) groups is 1. The van der Waals surface area contributed by atoms with Gasteiger partial charge in [-0.3, -0.25) is 9.98 Å². The monoisotopic (exact) mass is 370 g/mol. The first-order valence-corrected chi connectivity index (χ1v) is 8.59. The lowest BCUT2D eigenvalue weighted by Crippen LogP contribution is -2.27. The summed E-state index contributed by atoms with van der Waals surface area (Å²) in [5.41, 5.74) is 6.57. The van der Waals surface area contributed by atoms with Gasteiger partial charge in [-0.15, -0.1) is 0 Å². The molecule has 1 aromatic carbocycles. The molecule has 1 aliphatic rings. The fraction of sp³-hybridized carbons (Fsp3) is 0.0952. The third-order valence-electron chi connectivity index (χ3n) is 4.52. The molecule has 1 aliphatic heterocycles. The zero-order valence-corrected chi connectivity index (χ0v) is 14.7. The van der Waals surface area contributed by atoms with Gasteiger partial charge in [0, 0.05) is 30.1 Å². The molecule has 1 atom stereocenters. The topological polar surface area (TPSA) is 101 Å². The van der Waals surface area contributed by atoms with Crippen LogP contribution >= 0.6 is 0 Å². The molecule has 136 valence electrons. The second-order valence-electron chi connectivity index (χ2n) is 6.31. The van der Waals surface area contributed by atoms with Crippen molar-refractivity contribution in [2.24, 2.45) is 4.99 Å². The van der Waals surface area contributed by atoms with E-state index in [0.29, 0.717) is 12.1 Å². The third-order valence-corrected chi connectivity index (χ3v) is 4.52. The first kappa shape index (κ1) is 17.5. The van der Waals surface area contributed by atoms with E-state index in [4.69, 9.17) is 5.73 Å². The summed E-state index contributed by atoms with van der Waals surface area (Å²) in [7, 11) is 0. The molecule has 1 unspecified atom stereocenters. The summed E-state index contributed by atoms with van der Waals surface area (Å²) in [6, 6.07) is 13.8. The minimum absolute atomic E-state index is 0.0526. The molecule has 0 bridgehead atoms. The van der Waals surface area contributed by atoms with Crippen LogP contribution in [0.1, 0.15) is 17.0 Å². The summed E-state index contributed by atoms with van der Waals surface area (Å²) in [6.45, 7) is 0. The van der Waals surface area contributed by atoms with Crippen LogP contribution in [0.4, 0.5) is 10.3 Å². The number of nitrogen functional groups attached to an aromatic ring is 1. The molecule has 0 fully saturated rings. The summed E-state index contributed by atoms with van der Waals surface area (Å²) in [6.07, 6.45) is 7.34. The minimum atomic E-state index is -0.962. The molecule has 7 heteroatoms. The van der Waals surface area contributed by atoms with E-state index in [2.05, 4.69) is 26.0 Å². The van der Waals surface area contributed by atoms with Crippen LogP contribution in [0.15, 0.2) is 65.8 Å². The fourth-order valence-electron chi connectivity index (χ4n) is 3.27. The Morgan fingerprint density at radius 3 is 2.61 bits per heavy atom. The van der Waals surface area contributed by atoms with Gasteiger partial charge in [-0.2, -0.15) is 5.26 Å². The maximum atomic E-state index is 14.4. The first-order chi connectivity index (χ1) is 13.6. The molecular formula is C21H15FN6. The van der Waals surface area contributed by atoms with Crippen LogP contribution in [0.25, 0.3) is 11.3 Å². The highest BCUT2D eigenvalue weighted by Gasteiger charge is 2.37. The van der Waals surface area contributed by atoms with Crippen LogP contribution in [0, 0.1) is 17.1 Å². The number of halogens is 1. The van der Waals surface area contributed by atoms with Crippen molar-refractivity contribution in [1.29, 1.82) is 5.26 Å². The van der Waals surface area contributed by atoms with Crippen molar-refractivity contribution >= 4 is 12.2 Å². The van der Waals surface area contributed by atoms with Crippen molar-refractivity contribution in [1.82, 2.24) is 15.0 Å². The average Bonchev–Trinajstić information content (AvgIpc) is 3.18. The maximum Gasteiger partial charge on any atom is 0.220 e. The van der Waals surface area contributed by atoms with Crippen molar-refractivity contribution < 1.29 is 4.39 Å². The van der Waals surface area contributed by atoms with Crippen molar-refractivity contribution in [2.75, 3.05) is 5.73 Å². The van der Waals surface area contributed by atoms with Gasteiger partial charge in [-0.05, 0) is 36.4 Å². The second-order valence-corrected chi connectivity index (χ2v) is 6.31. The van der Waals surface area contributed by atoms with E-state index in [1.54, 1.807) is 36.7 Å². The Kier molecular flexibility index (Phi) is 4.38. The maximum absolute atomic E-state index is 14.4. The highest BCUT2D eigenvalue weighted by molar-refractivity contribution is 5.77. The van der Waals surface area contributed by atoms with E-state index >= 15 is 0 Å². The zero-order chi connectivity index (χ0) is 19.6. The van der Waals surface area contributed by atoms with Gasteiger partial charge in [0.1, 0.15) is 23.0 Å². The predicted octanol–water partition coefficient (Wildman–Crippen LogP) is 3.21. The largest absolute Gasteiger partial charge is 0.368 e. The Bertz CT molecular complexity index is 1120. The Labute approximate surface area is 160 Å². The molecule has 2 N–H and O–H groups in total. The normalized spacial score (nSPS) is 17.6. The van der Waals surface area contributed by atoms with Crippen LogP contribution in [-0.2, 0) is 12.0 Å². The molecule has 2 aromatic heterocycles. The number of allylic oxidation sites excluding steroid dienone is 1. The molecule has 0 radical (unpaired) electrons. The molecule has 3 heterocycles. The van der Waals surface area contributed by atoms with Crippen molar-refractivity contribution in [3.63, 3.8) is 0 Å². The van der Waals surface area contributed by atoms with Gasteiger partial charge in [-0.1, -0.05) is 18.2 Å². The van der Waals surface area contributed by atoms with Crippen molar-refractivity contribution in [2.45, 2.75) is 12.0 Å². The summed E-state index contributed by atoms with van der Waals surface area (Å²) < 4.78 is 14.4. The number of nitriles is 1. The molecule has 4 rings (SSSR count). The van der Waals surface area contributed by atoms with Crippen LogP contribution < -0.4 is 5.73 Å². The van der Waals surface area contributed by atoms with Gasteiger partial charge in [0.25, 0.3) is 0 Å². The van der Waals surface area contributed by atoms with E-state index < -0.39 is 11.4 Å². The zero-order valence-electron chi connectivity index (χ0n) is 14.7. The molecule has 28 heavy (non-hydrogen) atoms. The molecular weight excluding hydrogens is 355 g/mol. The number of aromatic nitrogens is 3. The lowest BCUT2D eigenvalue weighted by molar-refractivity contribution is 0.544. The quantitative estimate of drug-likeness (QED) is 0.760. The number of rotatable bonds is 4. The van der Waals surface area contributed by atoms with E-state index in [0.717, 1.165) is 5.69 Å². The van der Waals surface area contributed by atoms with Crippen LogP contribution in [0.3, 0.4) is 0 Å². The van der Waals surface area contributed by atoms with Crippen molar-refractivity contribution in [3.8, 4) is 17.3 Å². The average molecular weight is 370 g/mol. The first-order valence-electron chi connectivity index (χ1n) is 8.59. The van der Waals surface area contributed by atoms with Gasteiger partial charge < -0.3 is 5.73 Å². The number of anilines is 1. The van der Waals surface area contributed by atoms with Gasteiger partial charge in [0.05, 0.1) is 11.4 Å². The van der Waals surface area contributed by atoms with E-state index in [1.165, 1.54) is 6.07 Å². The van der Waals surface area contributed by atoms with Gasteiger partial charge >= 0.3 is 0 Å². The molecule has 0 saturated heterocycles. The number of nitrogens with two attached hydrogens (primary N) is 1. The van der Waals surface area contributed by atoms with E-state index in [1.807, 2.05) is 24.3 Å². The smallest absolute Gasteiger partial charge is 0.220 e. The van der Waals surface area contributed by atoms with E-state index in [9.17, 15) is 9.65 Å². The predicted molar refractivity (Wildman–Crippen MR) is 104 cm³/mol. The fourth-order valence-corrected chi connectivity index (χ4v) is 3.27. The standard InChI is InChI=1S/C21H15FN6/c22-17-8-2-1-7-15(17)18-16(13-23)19(28-20(24)27-18)21(9-5-11-26-21)12-14-6-3-4-10-25-14/h1-11H,12H2,(H2,24,27,28). The highest BCUT2D eigenvalue weighted by atomic mass is 19.1. The molecule has 0 saturated carbocycles. The second kappa shape index (κ2) is 7.00. The SMILES string of the molecule is N#Cc1c(-c2ccccc2F)nc(N)nc1C1(Cc2ccccn2)C=CC=N1. The molecule has 0 spiro atoms. The summed E-state index contributed by atoms with van der Waals surface area (Å²) in [5, 5.41) is 9.90. The third kappa shape index (κ3) is 3.01. The summed E-state index contributed by atoms with van der Waals surface area (Å²) in [4.78, 5) is 17.4. The van der Waals surface area contributed by atoms with Crippen LogP contribution in [0.5, 0.6) is 0 Å². The van der Waals surface area contributed by atoms with Crippen LogP contribution in [0.2, 0.25) is 0 Å². The molecule has 0 amide bonds. The number of hydrogen-bond donors (Lipinski definition) is 1. The Morgan fingerprint density at radius 2 is 1.93 bits per heavy atom. The molecule has 0 aliphatic carbocycles. The van der Waals surface area contributed by atoms with Crippen LogP contribution in [-0.4, -0.2) is 21.2 Å².